The summed E-state index contributed by atoms with van der Waals surface area (Å²) in [6.07, 6.45) is 0.464. The minimum atomic E-state index is -0.394. The van der Waals surface area contributed by atoms with E-state index >= 15 is 0 Å². The number of morpholine rings is 1. The topological polar surface area (TPSA) is 121 Å². The molecule has 1 atom stereocenters. The predicted octanol–water partition coefficient (Wildman–Crippen LogP) is 4.60. The predicted molar refractivity (Wildman–Crippen MR) is 150 cm³/mol. The van der Waals surface area contributed by atoms with E-state index < -0.39 is 6.09 Å². The van der Waals surface area contributed by atoms with Crippen molar-refractivity contribution < 1.29 is 28.3 Å². The molecule has 12 heteroatoms. The average molecular weight is 574 g/mol. The molecule has 1 amide bonds. The van der Waals surface area contributed by atoms with Crippen LogP contribution in [0.25, 0.3) is 22.6 Å². The Morgan fingerprint density at radius 2 is 2.05 bits per heavy atom. The van der Waals surface area contributed by atoms with Gasteiger partial charge in [0.15, 0.2) is 5.82 Å². The molecular formula is C28H36ClN5O6. The summed E-state index contributed by atoms with van der Waals surface area (Å²) in [6, 6.07) is 5.07. The van der Waals surface area contributed by atoms with Crippen LogP contribution in [0.4, 0.5) is 4.79 Å². The van der Waals surface area contributed by atoms with Gasteiger partial charge in [0.05, 0.1) is 54.4 Å². The maximum absolute atomic E-state index is 12.5. The van der Waals surface area contributed by atoms with E-state index in [0.29, 0.717) is 77.1 Å². The minimum Gasteiger partial charge on any atom is -0.494 e. The summed E-state index contributed by atoms with van der Waals surface area (Å²) in [7, 11) is 1.90. The number of aryl methyl sites for hydroxylation is 2. The number of amides is 1. The van der Waals surface area contributed by atoms with Gasteiger partial charge in [-0.2, -0.15) is 4.98 Å². The Morgan fingerprint density at radius 3 is 2.77 bits per heavy atom. The van der Waals surface area contributed by atoms with Crippen molar-refractivity contribution in [1.29, 1.82) is 0 Å². The first-order valence-corrected chi connectivity index (χ1v) is 13.7. The number of hydrogen-bond donors (Lipinski definition) is 1. The number of ether oxygens (including phenoxy) is 4. The fraction of sp³-hybridized carbons (Fsp3) is 0.500. The molecule has 0 radical (unpaired) electrons. The average Bonchev–Trinajstić information content (AvgIpc) is 3.29. The van der Waals surface area contributed by atoms with E-state index in [0.717, 1.165) is 18.5 Å². The van der Waals surface area contributed by atoms with Crippen LogP contribution in [-0.4, -0.2) is 85.3 Å². The molecule has 0 saturated carbocycles. The Morgan fingerprint density at radius 1 is 1.23 bits per heavy atom. The maximum atomic E-state index is 12.5. The van der Waals surface area contributed by atoms with Gasteiger partial charge in [0, 0.05) is 17.7 Å². The van der Waals surface area contributed by atoms with E-state index in [-0.39, 0.29) is 19.3 Å². The molecule has 1 N–H and O–H groups in total. The number of nitrogens with zero attached hydrogens (tertiary/aromatic N) is 4. The molecule has 1 aliphatic heterocycles. The molecular weight excluding hydrogens is 538 g/mol. The van der Waals surface area contributed by atoms with Crippen LogP contribution in [0.3, 0.4) is 0 Å². The molecule has 0 aliphatic carbocycles. The highest BCUT2D eigenvalue weighted by molar-refractivity contribution is 6.33. The van der Waals surface area contributed by atoms with Gasteiger partial charge in [-0.3, -0.25) is 4.90 Å². The van der Waals surface area contributed by atoms with Crippen molar-refractivity contribution >= 4 is 17.7 Å². The molecule has 0 spiro atoms. The monoisotopic (exact) mass is 573 g/mol. The van der Waals surface area contributed by atoms with Gasteiger partial charge < -0.3 is 28.8 Å². The number of carbonyl (C=O) groups is 1. The van der Waals surface area contributed by atoms with Crippen LogP contribution in [-0.2, 0) is 9.47 Å². The molecule has 1 aromatic carbocycles. The van der Waals surface area contributed by atoms with Crippen LogP contribution in [0.1, 0.15) is 30.4 Å². The van der Waals surface area contributed by atoms with Gasteiger partial charge >= 0.3 is 6.09 Å². The lowest BCUT2D eigenvalue weighted by molar-refractivity contribution is -0.0221. The fourth-order valence-electron chi connectivity index (χ4n) is 4.44. The molecule has 2 aromatic heterocycles. The van der Waals surface area contributed by atoms with Gasteiger partial charge in [-0.25, -0.2) is 9.78 Å². The van der Waals surface area contributed by atoms with E-state index in [1.807, 2.05) is 40.0 Å². The molecule has 1 aliphatic rings. The van der Waals surface area contributed by atoms with Crippen LogP contribution in [0.2, 0.25) is 5.02 Å². The number of nitrogens with one attached hydrogen (secondary N) is 1. The van der Waals surface area contributed by atoms with Crippen molar-refractivity contribution in [3.8, 4) is 34.3 Å². The SMILES string of the molecule is CCOC(=O)N1CCOCC1COc1nc(-c2cc(OCCCNC)ccc2Cl)nc(-c2c(C)noc2C)c1C. The Labute approximate surface area is 239 Å². The first-order valence-electron chi connectivity index (χ1n) is 13.4. The van der Waals surface area contributed by atoms with Crippen LogP contribution in [0, 0.1) is 20.8 Å². The Bertz CT molecular complexity index is 1300. The largest absolute Gasteiger partial charge is 0.494 e. The smallest absolute Gasteiger partial charge is 0.410 e. The lowest BCUT2D eigenvalue weighted by atomic mass is 10.1. The van der Waals surface area contributed by atoms with Gasteiger partial charge in [-0.1, -0.05) is 16.8 Å². The van der Waals surface area contributed by atoms with Gasteiger partial charge in [-0.05, 0) is 65.9 Å². The van der Waals surface area contributed by atoms with E-state index in [9.17, 15) is 4.79 Å². The zero-order valence-electron chi connectivity index (χ0n) is 23.6. The molecule has 216 valence electrons. The van der Waals surface area contributed by atoms with Crippen molar-refractivity contribution in [2.45, 2.75) is 40.2 Å². The van der Waals surface area contributed by atoms with Gasteiger partial charge in [0.1, 0.15) is 18.1 Å². The van der Waals surface area contributed by atoms with Gasteiger partial charge in [-0.15, -0.1) is 0 Å². The van der Waals surface area contributed by atoms with E-state index in [2.05, 4.69) is 10.5 Å². The summed E-state index contributed by atoms with van der Waals surface area (Å²) in [5.74, 6) is 2.00. The van der Waals surface area contributed by atoms with Crippen molar-refractivity contribution in [2.24, 2.45) is 0 Å². The van der Waals surface area contributed by atoms with Crippen molar-refractivity contribution in [1.82, 2.24) is 25.3 Å². The Hall–Kier alpha value is -3.41. The highest BCUT2D eigenvalue weighted by Gasteiger charge is 2.30. The summed E-state index contributed by atoms with van der Waals surface area (Å²) in [5, 5.41) is 7.69. The molecule has 1 saturated heterocycles. The molecule has 1 fully saturated rings. The van der Waals surface area contributed by atoms with E-state index in [4.69, 9.17) is 45.0 Å². The van der Waals surface area contributed by atoms with E-state index in [1.165, 1.54) is 0 Å². The zero-order valence-corrected chi connectivity index (χ0v) is 24.3. The Balaban J connectivity index is 1.70. The molecule has 3 heterocycles. The quantitative estimate of drug-likeness (QED) is 0.326. The fourth-order valence-corrected chi connectivity index (χ4v) is 4.64. The lowest BCUT2D eigenvalue weighted by Crippen LogP contribution is -2.51. The number of rotatable bonds is 11. The maximum Gasteiger partial charge on any atom is 0.410 e. The summed E-state index contributed by atoms with van der Waals surface area (Å²) in [4.78, 5) is 23.8. The lowest BCUT2D eigenvalue weighted by Gasteiger charge is -2.34. The van der Waals surface area contributed by atoms with Crippen LogP contribution >= 0.6 is 11.6 Å². The third-order valence-electron chi connectivity index (χ3n) is 6.53. The van der Waals surface area contributed by atoms with Crippen LogP contribution in [0.15, 0.2) is 22.7 Å². The number of aromatic nitrogens is 3. The van der Waals surface area contributed by atoms with Crippen LogP contribution in [0.5, 0.6) is 11.6 Å². The van der Waals surface area contributed by atoms with Crippen molar-refractivity contribution in [2.75, 3.05) is 53.2 Å². The highest BCUT2D eigenvalue weighted by Crippen LogP contribution is 2.36. The number of halogens is 1. The van der Waals surface area contributed by atoms with Crippen molar-refractivity contribution in [3.05, 3.63) is 40.2 Å². The summed E-state index contributed by atoms with van der Waals surface area (Å²) >= 11 is 6.64. The second-order valence-corrected chi connectivity index (χ2v) is 9.81. The second-order valence-electron chi connectivity index (χ2n) is 9.40. The van der Waals surface area contributed by atoms with Crippen molar-refractivity contribution in [3.63, 3.8) is 0 Å². The summed E-state index contributed by atoms with van der Waals surface area (Å²) in [6.45, 7) is 10.4. The zero-order chi connectivity index (χ0) is 28.6. The first-order chi connectivity index (χ1) is 19.3. The van der Waals surface area contributed by atoms with Crippen LogP contribution < -0.4 is 14.8 Å². The number of carbonyl (C=O) groups excluding carboxylic acids is 1. The molecule has 0 bridgehead atoms. The molecule has 3 aromatic rings. The molecule has 4 rings (SSSR count). The second kappa shape index (κ2) is 13.8. The van der Waals surface area contributed by atoms with Gasteiger partial charge in [0.25, 0.3) is 0 Å². The number of hydrogen-bond acceptors (Lipinski definition) is 10. The normalized spacial score (nSPS) is 15.2. The number of benzene rings is 1. The first kappa shape index (κ1) is 29.6. The molecule has 40 heavy (non-hydrogen) atoms. The molecule has 11 nitrogen and oxygen atoms in total. The standard InChI is InChI=1S/C28H36ClN5O6/c1-6-37-28(35)34-11-13-36-15-20(34)16-39-27-17(2)25(24-18(3)33-40-19(24)4)31-26(32-27)22-14-21(8-9-23(22)29)38-12-7-10-30-5/h8-9,14,20,30H,6-7,10-13,15-16H2,1-5H3. The van der Waals surface area contributed by atoms with E-state index in [1.54, 1.807) is 17.9 Å². The summed E-state index contributed by atoms with van der Waals surface area (Å²) in [5.41, 5.74) is 3.37. The minimum absolute atomic E-state index is 0.152. The Kier molecular flexibility index (Phi) is 10.2. The third-order valence-corrected chi connectivity index (χ3v) is 6.86. The summed E-state index contributed by atoms with van der Waals surface area (Å²) < 4.78 is 28.5. The third kappa shape index (κ3) is 6.83. The molecule has 1 unspecified atom stereocenters. The van der Waals surface area contributed by atoms with Gasteiger partial charge in [0.2, 0.25) is 5.88 Å². The highest BCUT2D eigenvalue weighted by atomic mass is 35.5.